The Kier molecular flexibility index (Phi) is 12.0. The highest BCUT2D eigenvalue weighted by molar-refractivity contribution is 6.78. The normalized spacial score (nSPS) is 25.3. The van der Waals surface area contributed by atoms with Crippen molar-refractivity contribution in [3.05, 3.63) is 12.2 Å². The van der Waals surface area contributed by atoms with Crippen LogP contribution < -0.4 is 0 Å². The molecule has 0 aromatic rings. The van der Waals surface area contributed by atoms with Crippen molar-refractivity contribution < 1.29 is 23.8 Å². The second kappa shape index (κ2) is 12.8. The third-order valence-electron chi connectivity index (χ3n) is 8.03. The molecule has 0 aromatic carbocycles. The van der Waals surface area contributed by atoms with E-state index in [-0.39, 0.29) is 0 Å². The summed E-state index contributed by atoms with van der Waals surface area (Å²) in [6.07, 6.45) is 0.627. The summed E-state index contributed by atoms with van der Waals surface area (Å²) in [5, 5.41) is 21.5. The molecule has 0 saturated carbocycles. The molecule has 0 aromatic heterocycles. The molecular weight excluding hydrogens is 448 g/mol. The average Bonchev–Trinajstić information content (AvgIpc) is 2.80. The van der Waals surface area contributed by atoms with Gasteiger partial charge in [0.15, 0.2) is 16.6 Å². The van der Waals surface area contributed by atoms with Crippen LogP contribution in [0.15, 0.2) is 12.2 Å². The lowest BCUT2D eigenvalue weighted by atomic mass is 10.2. The molecule has 2 N–H and O–H groups in total. The Labute approximate surface area is 206 Å². The maximum atomic E-state index is 10.8. The van der Waals surface area contributed by atoms with Crippen molar-refractivity contribution >= 4 is 16.6 Å². The Morgan fingerprint density at radius 2 is 0.818 bits per heavy atom. The van der Waals surface area contributed by atoms with Gasteiger partial charge in [0.25, 0.3) is 0 Å². The van der Waals surface area contributed by atoms with Crippen LogP contribution in [-0.4, -0.2) is 64.5 Å². The number of ether oxygens (including phenoxy) is 1. The standard InChI is InChI=1S/C26H54O5Si2/c1-17(2)32(18(3)4,19(5)6)29-15-25-23(27)13-14-24(28)26(31-25)16-30-33(20(7)8,21(9)10)22(11)12/h13-14,17-28H,15-16H2,1-12H3/t23-,24+,25+,26-. The van der Waals surface area contributed by atoms with Crippen molar-refractivity contribution in [3.8, 4) is 0 Å². The van der Waals surface area contributed by atoms with Crippen LogP contribution in [0.3, 0.4) is 0 Å². The van der Waals surface area contributed by atoms with E-state index in [1.54, 1.807) is 12.2 Å². The van der Waals surface area contributed by atoms with E-state index in [2.05, 4.69) is 83.1 Å². The summed E-state index contributed by atoms with van der Waals surface area (Å²) in [6.45, 7) is 27.7. The largest absolute Gasteiger partial charge is 0.413 e. The lowest BCUT2D eigenvalue weighted by molar-refractivity contribution is -0.116. The smallest absolute Gasteiger partial charge is 0.200 e. The molecule has 196 valence electrons. The zero-order valence-corrected chi connectivity index (χ0v) is 25.5. The molecule has 7 heteroatoms. The number of rotatable bonds is 12. The lowest BCUT2D eigenvalue weighted by Gasteiger charge is -2.44. The molecule has 1 aliphatic rings. The molecule has 0 saturated heterocycles. The van der Waals surface area contributed by atoms with Crippen molar-refractivity contribution in [1.82, 2.24) is 0 Å². The molecule has 4 atom stereocenters. The Hall–Kier alpha value is -0.0262. The van der Waals surface area contributed by atoms with Crippen LogP contribution in [0.5, 0.6) is 0 Å². The van der Waals surface area contributed by atoms with E-state index >= 15 is 0 Å². The van der Waals surface area contributed by atoms with Crippen molar-refractivity contribution in [1.29, 1.82) is 0 Å². The molecule has 1 heterocycles. The molecule has 0 bridgehead atoms. The molecule has 1 aliphatic heterocycles. The third-order valence-corrected chi connectivity index (χ3v) is 20.2. The van der Waals surface area contributed by atoms with Crippen molar-refractivity contribution in [2.24, 2.45) is 0 Å². The van der Waals surface area contributed by atoms with E-state index < -0.39 is 41.1 Å². The van der Waals surface area contributed by atoms with E-state index in [1.165, 1.54) is 0 Å². The van der Waals surface area contributed by atoms with Crippen molar-refractivity contribution in [3.63, 3.8) is 0 Å². The van der Waals surface area contributed by atoms with Gasteiger partial charge in [-0.2, -0.15) is 0 Å². The molecule has 33 heavy (non-hydrogen) atoms. The summed E-state index contributed by atoms with van der Waals surface area (Å²) >= 11 is 0. The van der Waals surface area contributed by atoms with Gasteiger partial charge in [0, 0.05) is 0 Å². The van der Waals surface area contributed by atoms with Gasteiger partial charge in [-0.05, 0) is 33.2 Å². The first kappa shape index (κ1) is 31.0. The first-order valence-electron chi connectivity index (χ1n) is 13.1. The fraction of sp³-hybridized carbons (Fsp3) is 0.923. The number of hydrogen-bond donors (Lipinski definition) is 2. The van der Waals surface area contributed by atoms with Gasteiger partial charge in [0.1, 0.15) is 24.4 Å². The quantitative estimate of drug-likeness (QED) is 0.238. The summed E-state index contributed by atoms with van der Waals surface area (Å²) in [7, 11) is -4.18. The third kappa shape index (κ3) is 6.80. The van der Waals surface area contributed by atoms with E-state index in [0.717, 1.165) is 0 Å². The van der Waals surface area contributed by atoms with Crippen molar-refractivity contribution in [2.75, 3.05) is 13.2 Å². The zero-order chi connectivity index (χ0) is 25.7. The van der Waals surface area contributed by atoms with Gasteiger partial charge >= 0.3 is 0 Å². The highest BCUT2D eigenvalue weighted by Gasteiger charge is 2.47. The molecule has 0 spiro atoms. The second-order valence-electron chi connectivity index (χ2n) is 11.8. The van der Waals surface area contributed by atoms with Gasteiger partial charge in [-0.3, -0.25) is 0 Å². The van der Waals surface area contributed by atoms with Gasteiger partial charge in [0.05, 0.1) is 13.2 Å². The van der Waals surface area contributed by atoms with Crippen LogP contribution in [0.4, 0.5) is 0 Å². The van der Waals surface area contributed by atoms with Gasteiger partial charge in [-0.15, -0.1) is 0 Å². The molecule has 0 aliphatic carbocycles. The number of aliphatic hydroxyl groups is 2. The average molecular weight is 503 g/mol. The first-order chi connectivity index (χ1) is 15.1. The molecule has 0 fully saturated rings. The summed E-state index contributed by atoms with van der Waals surface area (Å²) in [6, 6.07) is 0. The molecule has 5 nitrogen and oxygen atoms in total. The second-order valence-corrected chi connectivity index (χ2v) is 22.8. The topological polar surface area (TPSA) is 68.2 Å². The van der Waals surface area contributed by atoms with E-state index in [1.807, 2.05) is 0 Å². The fourth-order valence-electron chi connectivity index (χ4n) is 6.59. The fourth-order valence-corrected chi connectivity index (χ4v) is 17.5. The summed E-state index contributed by atoms with van der Waals surface area (Å²) in [5.74, 6) is 0. The van der Waals surface area contributed by atoms with Crippen LogP contribution in [0.25, 0.3) is 0 Å². The lowest BCUT2D eigenvalue weighted by Crippen LogP contribution is -2.52. The SMILES string of the molecule is CC(C)[Si](OC[C@@H]1O[C@H](CO[Si](C(C)C)(C(C)C)C(C)C)[C@@H](O)C=C[C@H]1O)(C(C)C)C(C)C. The van der Waals surface area contributed by atoms with Crippen LogP contribution in [0.2, 0.25) is 33.2 Å². The van der Waals surface area contributed by atoms with Crippen molar-refractivity contribution in [2.45, 2.75) is 141 Å². The predicted octanol–water partition coefficient (Wildman–Crippen LogP) is 6.42. The van der Waals surface area contributed by atoms with Crippen LogP contribution >= 0.6 is 0 Å². The molecular formula is C26H54O5Si2. The highest BCUT2D eigenvalue weighted by Crippen LogP contribution is 2.44. The summed E-state index contributed by atoms with van der Waals surface area (Å²) in [4.78, 5) is 0. The summed E-state index contributed by atoms with van der Waals surface area (Å²) in [5.41, 5.74) is 2.72. The first-order valence-corrected chi connectivity index (χ1v) is 17.4. The van der Waals surface area contributed by atoms with Gasteiger partial charge in [-0.1, -0.05) is 95.2 Å². The molecule has 0 radical (unpaired) electrons. The van der Waals surface area contributed by atoms with Crippen LogP contribution in [-0.2, 0) is 13.6 Å². The molecule has 0 unspecified atom stereocenters. The number of aliphatic hydroxyl groups excluding tert-OH is 2. The monoisotopic (exact) mass is 502 g/mol. The Bertz CT molecular complexity index is 510. The molecule has 1 rings (SSSR count). The van der Waals surface area contributed by atoms with Gasteiger partial charge < -0.3 is 23.8 Å². The Morgan fingerprint density at radius 3 is 1.03 bits per heavy atom. The highest BCUT2D eigenvalue weighted by atomic mass is 28.4. The summed E-state index contributed by atoms with van der Waals surface area (Å²) < 4.78 is 19.8. The van der Waals surface area contributed by atoms with Gasteiger partial charge in [-0.25, -0.2) is 0 Å². The maximum Gasteiger partial charge on any atom is 0.200 e. The van der Waals surface area contributed by atoms with E-state index in [9.17, 15) is 10.2 Å². The van der Waals surface area contributed by atoms with E-state index in [0.29, 0.717) is 46.5 Å². The van der Waals surface area contributed by atoms with E-state index in [4.69, 9.17) is 13.6 Å². The predicted molar refractivity (Wildman–Crippen MR) is 144 cm³/mol. The number of hydrogen-bond acceptors (Lipinski definition) is 5. The minimum absolute atomic E-state index is 0.330. The maximum absolute atomic E-state index is 10.8. The van der Waals surface area contributed by atoms with Crippen LogP contribution in [0, 0.1) is 0 Å². The minimum Gasteiger partial charge on any atom is -0.413 e. The Morgan fingerprint density at radius 1 is 0.576 bits per heavy atom. The zero-order valence-electron chi connectivity index (χ0n) is 23.5. The van der Waals surface area contributed by atoms with Gasteiger partial charge in [0.2, 0.25) is 0 Å². The molecule has 0 amide bonds. The Balaban J connectivity index is 3.08. The van der Waals surface area contributed by atoms with Crippen LogP contribution in [0.1, 0.15) is 83.1 Å². The minimum atomic E-state index is -2.09.